The van der Waals surface area contributed by atoms with E-state index in [0.717, 1.165) is 42.9 Å². The molecule has 1 aliphatic rings. The van der Waals surface area contributed by atoms with Crippen molar-refractivity contribution < 1.29 is 47.5 Å². The van der Waals surface area contributed by atoms with Gasteiger partial charge in [-0.05, 0) is 20.3 Å². The molecule has 1 aromatic heterocycles. The summed E-state index contributed by atoms with van der Waals surface area (Å²) in [6.07, 6.45) is 19.7. The number of pyridine rings is 1. The summed E-state index contributed by atoms with van der Waals surface area (Å²) >= 11 is 0. The van der Waals surface area contributed by atoms with Crippen LogP contribution in [0.15, 0.2) is 0 Å². The number of carbonyl (C=O) groups is 1. The summed E-state index contributed by atoms with van der Waals surface area (Å²) in [5.41, 5.74) is 10.3. The molecule has 2 N–H and O–H groups in total. The van der Waals surface area contributed by atoms with E-state index in [4.69, 9.17) is 19.9 Å². The number of halogens is 1. The van der Waals surface area contributed by atoms with Gasteiger partial charge < -0.3 is 43.9 Å². The molecule has 2 heterocycles. The van der Waals surface area contributed by atoms with E-state index in [1.807, 2.05) is 11.5 Å². The van der Waals surface area contributed by atoms with E-state index in [2.05, 4.69) is 13.8 Å². The van der Waals surface area contributed by atoms with E-state index in [1.54, 1.807) is 0 Å². The molecule has 1 aromatic rings. The Hall–Kier alpha value is -0.930. The van der Waals surface area contributed by atoms with Crippen LogP contribution in [0.2, 0.25) is 0 Å². The van der Waals surface area contributed by atoms with Crippen LogP contribution in [0.1, 0.15) is 144 Å². The van der Waals surface area contributed by atoms with Gasteiger partial charge in [0.25, 0.3) is 0 Å². The largest absolute Gasteiger partial charge is 1.00 e. The molecular weight excluding hydrogens is 579 g/mol. The molecule has 214 valence electrons. The van der Waals surface area contributed by atoms with Gasteiger partial charge in [0.05, 0.1) is 19.8 Å². The molecule has 0 spiro atoms. The fraction of sp³-hybridized carbons (Fsp3) is 0.800. The lowest BCUT2D eigenvalue weighted by atomic mass is 9.94. The first kappa shape index (κ1) is 34.1. The average molecular weight is 633 g/mol. The van der Waals surface area contributed by atoms with Crippen LogP contribution in [0.25, 0.3) is 0 Å². The van der Waals surface area contributed by atoms with E-state index in [-0.39, 0.29) is 30.1 Å². The van der Waals surface area contributed by atoms with Crippen LogP contribution < -0.4 is 34.3 Å². The molecule has 0 aromatic carbocycles. The molecule has 1 unspecified atom stereocenters. The summed E-state index contributed by atoms with van der Waals surface area (Å²) in [7, 11) is 1.40. The highest BCUT2D eigenvalue weighted by Crippen LogP contribution is 2.37. The number of anilines is 1. The van der Waals surface area contributed by atoms with Gasteiger partial charge in [-0.3, -0.25) is 0 Å². The number of rotatable bonds is 20. The Bertz CT molecular complexity index is 784. The third-order valence-electron chi connectivity index (χ3n) is 7.57. The third-order valence-corrected chi connectivity index (χ3v) is 7.57. The van der Waals surface area contributed by atoms with Gasteiger partial charge in [-0.1, -0.05) is 90.4 Å². The summed E-state index contributed by atoms with van der Waals surface area (Å²) in [4.78, 5) is 12.6. The highest BCUT2D eigenvalue weighted by atomic mass is 127. The lowest BCUT2D eigenvalue weighted by Crippen LogP contribution is -3.00. The number of nitrogens with zero attached hydrogens (tertiary/aromatic N) is 1. The SMILES string of the molecule is CCCCCCCCCCCCCCCCOCc1c(C)c(C2CCO2)c(N)c(C(=O)OC)[n+]1CC.[I-]. The fourth-order valence-electron chi connectivity index (χ4n) is 5.27. The number of nitrogens with two attached hydrogens (primary N) is 1. The molecule has 1 aliphatic heterocycles. The van der Waals surface area contributed by atoms with Crippen molar-refractivity contribution in [1.82, 2.24) is 0 Å². The van der Waals surface area contributed by atoms with Gasteiger partial charge in [-0.2, -0.15) is 4.57 Å². The quantitative estimate of drug-likeness (QED) is 0.101. The molecular formula is C30H53IN2O4. The second-order valence-corrected chi connectivity index (χ2v) is 10.3. The number of unbranched alkanes of at least 4 members (excludes halogenated alkanes) is 13. The molecule has 6 nitrogen and oxygen atoms in total. The van der Waals surface area contributed by atoms with Crippen LogP contribution >= 0.6 is 0 Å². The van der Waals surface area contributed by atoms with E-state index in [9.17, 15) is 4.79 Å². The maximum absolute atomic E-state index is 12.6. The number of carbonyl (C=O) groups excluding carboxylic acids is 1. The monoisotopic (exact) mass is 632 g/mol. The van der Waals surface area contributed by atoms with Gasteiger partial charge in [0.2, 0.25) is 5.69 Å². The average Bonchev–Trinajstić information content (AvgIpc) is 2.85. The molecule has 2 rings (SSSR count). The molecule has 0 amide bonds. The number of nitrogen functional groups attached to an aromatic ring is 1. The van der Waals surface area contributed by atoms with Crippen LogP contribution in [0.4, 0.5) is 5.69 Å². The maximum Gasteiger partial charge on any atom is 0.405 e. The Kier molecular flexibility index (Phi) is 18.5. The topological polar surface area (TPSA) is 74.7 Å². The molecule has 0 aliphatic carbocycles. The van der Waals surface area contributed by atoms with Crippen molar-refractivity contribution in [3.05, 3.63) is 22.5 Å². The molecule has 1 atom stereocenters. The van der Waals surface area contributed by atoms with E-state index >= 15 is 0 Å². The summed E-state index contributed by atoms with van der Waals surface area (Å²) in [6, 6.07) is 0. The van der Waals surface area contributed by atoms with Crippen molar-refractivity contribution in [2.45, 2.75) is 136 Å². The van der Waals surface area contributed by atoms with Crippen LogP contribution in [0.3, 0.4) is 0 Å². The number of esters is 1. The van der Waals surface area contributed by atoms with E-state index < -0.39 is 5.97 Å². The summed E-state index contributed by atoms with van der Waals surface area (Å²) in [5, 5.41) is 0. The second kappa shape index (κ2) is 20.0. The predicted octanol–water partition coefficient (Wildman–Crippen LogP) is 4.13. The maximum atomic E-state index is 12.6. The first-order chi connectivity index (χ1) is 17.6. The summed E-state index contributed by atoms with van der Waals surface area (Å²) < 4.78 is 18.8. The smallest absolute Gasteiger partial charge is 0.405 e. The lowest BCUT2D eigenvalue weighted by Gasteiger charge is -2.29. The van der Waals surface area contributed by atoms with Crippen LogP contribution in [0.5, 0.6) is 0 Å². The van der Waals surface area contributed by atoms with E-state index in [1.165, 1.54) is 90.6 Å². The predicted molar refractivity (Wildman–Crippen MR) is 146 cm³/mol. The first-order valence-electron chi connectivity index (χ1n) is 14.7. The van der Waals surface area contributed by atoms with Gasteiger partial charge in [-0.25, -0.2) is 4.79 Å². The number of ether oxygens (including phenoxy) is 3. The minimum absolute atomic E-state index is 0. The van der Waals surface area contributed by atoms with Crippen molar-refractivity contribution in [3.8, 4) is 0 Å². The Morgan fingerprint density at radius 2 is 1.46 bits per heavy atom. The zero-order valence-corrected chi connectivity index (χ0v) is 26.2. The highest BCUT2D eigenvalue weighted by Gasteiger charge is 2.36. The van der Waals surface area contributed by atoms with Crippen LogP contribution in [-0.2, 0) is 27.4 Å². The zero-order valence-electron chi connectivity index (χ0n) is 24.0. The molecule has 0 bridgehead atoms. The molecule has 1 fully saturated rings. The standard InChI is InChI=1S/C30H52N2O4.HI/c1-5-7-8-9-10-11-12-13-14-15-16-17-18-19-21-35-23-25-24(3)27(26-20-22-36-26)28(31)29(30(33)34-4)32(25)6-2;/h26H,5-23H2,1-4H3,(H-,31,33);1H. The zero-order chi connectivity index (χ0) is 26.2. The Balaban J connectivity index is 0.00000684. The Morgan fingerprint density at radius 3 is 1.89 bits per heavy atom. The molecule has 7 heteroatoms. The van der Waals surface area contributed by atoms with Crippen molar-refractivity contribution in [1.29, 1.82) is 0 Å². The summed E-state index contributed by atoms with van der Waals surface area (Å²) in [5.74, 6) is -0.414. The molecule has 37 heavy (non-hydrogen) atoms. The Labute approximate surface area is 243 Å². The van der Waals surface area contributed by atoms with Crippen LogP contribution in [-0.4, -0.2) is 26.3 Å². The molecule has 0 saturated carbocycles. The van der Waals surface area contributed by atoms with Gasteiger partial charge in [0.1, 0.15) is 18.8 Å². The van der Waals surface area contributed by atoms with Crippen molar-refractivity contribution in [2.75, 3.05) is 26.1 Å². The molecule has 1 saturated heterocycles. The number of hydrogen-bond acceptors (Lipinski definition) is 5. The second-order valence-electron chi connectivity index (χ2n) is 10.3. The molecule has 0 radical (unpaired) electrons. The van der Waals surface area contributed by atoms with Crippen molar-refractivity contribution in [2.24, 2.45) is 0 Å². The Morgan fingerprint density at radius 1 is 0.946 bits per heavy atom. The van der Waals surface area contributed by atoms with Gasteiger partial charge in [0.15, 0.2) is 0 Å². The van der Waals surface area contributed by atoms with Gasteiger partial charge in [0, 0.05) is 24.2 Å². The highest BCUT2D eigenvalue weighted by molar-refractivity contribution is 5.92. The van der Waals surface area contributed by atoms with E-state index in [0.29, 0.717) is 24.5 Å². The number of hydrogen-bond donors (Lipinski definition) is 1. The fourth-order valence-corrected chi connectivity index (χ4v) is 5.27. The third kappa shape index (κ3) is 11.0. The lowest BCUT2D eigenvalue weighted by molar-refractivity contribution is -0.704. The first-order valence-corrected chi connectivity index (χ1v) is 14.7. The minimum atomic E-state index is -0.414. The van der Waals surface area contributed by atoms with Crippen molar-refractivity contribution in [3.63, 3.8) is 0 Å². The minimum Gasteiger partial charge on any atom is -1.00 e. The van der Waals surface area contributed by atoms with Gasteiger partial charge >= 0.3 is 11.7 Å². The number of aromatic nitrogens is 1. The van der Waals surface area contributed by atoms with Gasteiger partial charge in [-0.15, -0.1) is 0 Å². The normalized spacial score (nSPS) is 14.8. The summed E-state index contributed by atoms with van der Waals surface area (Å²) in [6.45, 7) is 8.90. The number of methoxy groups -OCH3 is 1. The van der Waals surface area contributed by atoms with Crippen molar-refractivity contribution >= 4 is 11.7 Å². The van der Waals surface area contributed by atoms with Crippen LogP contribution in [0, 0.1) is 6.92 Å².